The van der Waals surface area contributed by atoms with Crippen LogP contribution in [0.2, 0.25) is 0 Å². The standard InChI is InChI=1S/C14H16O3/c15-8-2-4-12-3-1-5-14(11-12)17-13-6-9-16-10-7-13/h1,3,5,11,13,15H,6-10H2. The molecule has 1 saturated heterocycles. The fraction of sp³-hybridized carbons (Fsp3) is 0.429. The molecule has 0 aromatic heterocycles. The van der Waals surface area contributed by atoms with Gasteiger partial charge in [0.05, 0.1) is 13.2 Å². The summed E-state index contributed by atoms with van der Waals surface area (Å²) in [6.07, 6.45) is 2.11. The third-order valence-electron chi connectivity index (χ3n) is 2.62. The van der Waals surface area contributed by atoms with Crippen molar-refractivity contribution in [2.24, 2.45) is 0 Å². The van der Waals surface area contributed by atoms with Crippen LogP contribution >= 0.6 is 0 Å². The molecule has 0 saturated carbocycles. The normalized spacial score (nSPS) is 16.1. The SMILES string of the molecule is OCC#Cc1cccc(OC2CCOCC2)c1. The Morgan fingerprint density at radius 2 is 2.18 bits per heavy atom. The lowest BCUT2D eigenvalue weighted by Gasteiger charge is -2.23. The van der Waals surface area contributed by atoms with Crippen molar-refractivity contribution >= 4 is 0 Å². The van der Waals surface area contributed by atoms with Gasteiger partial charge in [-0.05, 0) is 18.2 Å². The summed E-state index contributed by atoms with van der Waals surface area (Å²) in [7, 11) is 0. The number of ether oxygens (including phenoxy) is 2. The Balaban J connectivity index is 2.00. The second kappa shape index (κ2) is 6.29. The van der Waals surface area contributed by atoms with Crippen LogP contribution in [0.25, 0.3) is 0 Å². The van der Waals surface area contributed by atoms with Gasteiger partial charge in [0.25, 0.3) is 0 Å². The zero-order valence-electron chi connectivity index (χ0n) is 9.69. The molecule has 0 unspecified atom stereocenters. The first-order valence-corrected chi connectivity index (χ1v) is 5.82. The van der Waals surface area contributed by atoms with Gasteiger partial charge >= 0.3 is 0 Å². The lowest BCUT2D eigenvalue weighted by Crippen LogP contribution is -2.25. The van der Waals surface area contributed by atoms with E-state index < -0.39 is 0 Å². The van der Waals surface area contributed by atoms with Crippen LogP contribution in [0.1, 0.15) is 18.4 Å². The summed E-state index contributed by atoms with van der Waals surface area (Å²) >= 11 is 0. The largest absolute Gasteiger partial charge is 0.490 e. The van der Waals surface area contributed by atoms with Gasteiger partial charge in [-0.25, -0.2) is 0 Å². The van der Waals surface area contributed by atoms with E-state index in [0.29, 0.717) is 0 Å². The van der Waals surface area contributed by atoms with Crippen molar-refractivity contribution in [1.82, 2.24) is 0 Å². The van der Waals surface area contributed by atoms with E-state index in [1.807, 2.05) is 24.3 Å². The summed E-state index contributed by atoms with van der Waals surface area (Å²) in [6.45, 7) is 1.42. The predicted octanol–water partition coefficient (Wildman–Crippen LogP) is 1.59. The quantitative estimate of drug-likeness (QED) is 0.787. The molecule has 1 aromatic rings. The van der Waals surface area contributed by atoms with Crippen LogP contribution in [0.15, 0.2) is 24.3 Å². The second-order valence-electron chi connectivity index (χ2n) is 3.92. The van der Waals surface area contributed by atoms with Gasteiger partial charge in [0, 0.05) is 18.4 Å². The van der Waals surface area contributed by atoms with Gasteiger partial charge in [0.15, 0.2) is 0 Å². The molecule has 3 heteroatoms. The van der Waals surface area contributed by atoms with Crippen molar-refractivity contribution in [2.75, 3.05) is 19.8 Å². The topological polar surface area (TPSA) is 38.7 Å². The molecule has 0 amide bonds. The Hall–Kier alpha value is -1.50. The Kier molecular flexibility index (Phi) is 4.43. The highest BCUT2D eigenvalue weighted by Crippen LogP contribution is 2.18. The average Bonchev–Trinajstić information content (AvgIpc) is 2.38. The molecule has 17 heavy (non-hydrogen) atoms. The van der Waals surface area contributed by atoms with Gasteiger partial charge in [-0.1, -0.05) is 17.9 Å². The third-order valence-corrected chi connectivity index (χ3v) is 2.62. The molecule has 1 aliphatic rings. The van der Waals surface area contributed by atoms with E-state index in [0.717, 1.165) is 37.4 Å². The molecule has 1 N–H and O–H groups in total. The van der Waals surface area contributed by atoms with E-state index in [9.17, 15) is 0 Å². The highest BCUT2D eigenvalue weighted by Gasteiger charge is 2.14. The first-order valence-electron chi connectivity index (χ1n) is 5.82. The number of aliphatic hydroxyl groups is 1. The maximum absolute atomic E-state index is 8.64. The number of hydrogen-bond donors (Lipinski definition) is 1. The van der Waals surface area contributed by atoms with Crippen LogP contribution < -0.4 is 4.74 Å². The van der Waals surface area contributed by atoms with Crippen molar-refractivity contribution in [1.29, 1.82) is 0 Å². The maximum Gasteiger partial charge on any atom is 0.120 e. The lowest BCUT2D eigenvalue weighted by molar-refractivity contribution is 0.0255. The summed E-state index contributed by atoms with van der Waals surface area (Å²) in [4.78, 5) is 0. The van der Waals surface area contributed by atoms with E-state index in [-0.39, 0.29) is 12.7 Å². The van der Waals surface area contributed by atoms with Gasteiger partial charge in [0.1, 0.15) is 18.5 Å². The van der Waals surface area contributed by atoms with Crippen LogP contribution in [0, 0.1) is 11.8 Å². The van der Waals surface area contributed by atoms with Crippen molar-refractivity contribution < 1.29 is 14.6 Å². The van der Waals surface area contributed by atoms with E-state index >= 15 is 0 Å². The van der Waals surface area contributed by atoms with E-state index in [1.54, 1.807) is 0 Å². The van der Waals surface area contributed by atoms with Crippen molar-refractivity contribution in [2.45, 2.75) is 18.9 Å². The monoisotopic (exact) mass is 232 g/mol. The molecule has 2 rings (SSSR count). The van der Waals surface area contributed by atoms with Crippen LogP contribution in [-0.2, 0) is 4.74 Å². The lowest BCUT2D eigenvalue weighted by atomic mass is 10.1. The van der Waals surface area contributed by atoms with Crippen LogP contribution in [0.3, 0.4) is 0 Å². The summed E-state index contributed by atoms with van der Waals surface area (Å²) in [5.41, 5.74) is 0.864. The van der Waals surface area contributed by atoms with E-state index in [1.165, 1.54) is 0 Å². The van der Waals surface area contributed by atoms with E-state index in [2.05, 4.69) is 11.8 Å². The van der Waals surface area contributed by atoms with Crippen molar-refractivity contribution in [3.05, 3.63) is 29.8 Å². The number of hydrogen-bond acceptors (Lipinski definition) is 3. The maximum atomic E-state index is 8.64. The predicted molar refractivity (Wildman–Crippen MR) is 64.9 cm³/mol. The Morgan fingerprint density at radius 1 is 1.35 bits per heavy atom. The molecular formula is C14H16O3. The summed E-state index contributed by atoms with van der Waals surface area (Å²) in [5.74, 6) is 6.33. The zero-order chi connectivity index (χ0) is 11.9. The molecule has 1 aromatic carbocycles. The molecule has 3 nitrogen and oxygen atoms in total. The molecule has 0 bridgehead atoms. The molecule has 0 atom stereocenters. The molecule has 0 aliphatic carbocycles. The summed E-state index contributed by atoms with van der Waals surface area (Å²) in [5, 5.41) is 8.64. The number of aliphatic hydroxyl groups excluding tert-OH is 1. The van der Waals surface area contributed by atoms with E-state index in [4.69, 9.17) is 14.6 Å². The Labute approximate surface area is 101 Å². The fourth-order valence-corrected chi connectivity index (χ4v) is 1.78. The molecule has 1 aliphatic heterocycles. The third kappa shape index (κ3) is 3.77. The average molecular weight is 232 g/mol. The summed E-state index contributed by atoms with van der Waals surface area (Å²) < 4.78 is 11.1. The minimum absolute atomic E-state index is 0.120. The van der Waals surface area contributed by atoms with Crippen molar-refractivity contribution in [3.8, 4) is 17.6 Å². The first-order chi connectivity index (χ1) is 8.38. The minimum atomic E-state index is -0.120. The molecule has 1 fully saturated rings. The van der Waals surface area contributed by atoms with Gasteiger partial charge in [-0.2, -0.15) is 0 Å². The highest BCUT2D eigenvalue weighted by atomic mass is 16.5. The second-order valence-corrected chi connectivity index (χ2v) is 3.92. The van der Waals surface area contributed by atoms with Crippen molar-refractivity contribution in [3.63, 3.8) is 0 Å². The van der Waals surface area contributed by atoms with Crippen LogP contribution in [0.4, 0.5) is 0 Å². The molecule has 1 heterocycles. The molecule has 0 spiro atoms. The smallest absolute Gasteiger partial charge is 0.120 e. The Bertz CT molecular complexity index is 411. The van der Waals surface area contributed by atoms with Gasteiger partial charge in [0.2, 0.25) is 0 Å². The number of benzene rings is 1. The van der Waals surface area contributed by atoms with Crippen LogP contribution in [0.5, 0.6) is 5.75 Å². The highest BCUT2D eigenvalue weighted by molar-refractivity contribution is 5.39. The van der Waals surface area contributed by atoms with Gasteiger partial charge < -0.3 is 14.6 Å². The first kappa shape index (κ1) is 12.0. The Morgan fingerprint density at radius 3 is 2.94 bits per heavy atom. The minimum Gasteiger partial charge on any atom is -0.490 e. The fourth-order valence-electron chi connectivity index (χ4n) is 1.78. The molecular weight excluding hydrogens is 216 g/mol. The molecule has 90 valence electrons. The van der Waals surface area contributed by atoms with Gasteiger partial charge in [-0.3, -0.25) is 0 Å². The summed E-state index contributed by atoms with van der Waals surface area (Å²) in [6, 6.07) is 7.65. The molecule has 0 radical (unpaired) electrons. The van der Waals surface area contributed by atoms with Gasteiger partial charge in [-0.15, -0.1) is 0 Å². The number of rotatable bonds is 2. The van der Waals surface area contributed by atoms with Crippen LogP contribution in [-0.4, -0.2) is 31.0 Å². The zero-order valence-corrected chi connectivity index (χ0v) is 9.69.